The lowest BCUT2D eigenvalue weighted by atomic mass is 9.93. The monoisotopic (exact) mass is 401 g/mol. The molecule has 4 nitrogen and oxygen atoms in total. The van der Waals surface area contributed by atoms with Gasteiger partial charge in [-0.25, -0.2) is 0 Å². The third kappa shape index (κ3) is 3.93. The zero-order valence-corrected chi connectivity index (χ0v) is 16.0. The van der Waals surface area contributed by atoms with Crippen molar-refractivity contribution in [3.05, 3.63) is 71.4 Å². The molecule has 3 aromatic rings. The van der Waals surface area contributed by atoms with Crippen molar-refractivity contribution in [2.45, 2.75) is 12.2 Å². The standard InChI is InChI=1S/C22H22F3N3O/c1-27-11-13-28(14-12-27)20(16-4-7-17(8-5-16)22(23,24)25)18-9-6-15-3-2-10-26-19(15)21(18)29/h2-10,20,29H,11-14H2,1H3/t20-/m1/s1. The molecule has 1 atom stereocenters. The maximum Gasteiger partial charge on any atom is 0.416 e. The van der Waals surface area contributed by atoms with Crippen LogP contribution in [0.2, 0.25) is 0 Å². The van der Waals surface area contributed by atoms with Crippen LogP contribution in [0, 0.1) is 0 Å². The highest BCUT2D eigenvalue weighted by molar-refractivity contribution is 5.85. The molecule has 4 rings (SSSR count). The van der Waals surface area contributed by atoms with Gasteiger partial charge in [-0.15, -0.1) is 0 Å². The van der Waals surface area contributed by atoms with Gasteiger partial charge in [0.25, 0.3) is 0 Å². The minimum atomic E-state index is -4.38. The number of benzene rings is 2. The Labute approximate surface area is 167 Å². The number of phenols is 1. The SMILES string of the molecule is CN1CCN([C@H](c2ccc(C(F)(F)F)cc2)c2ccc3cccnc3c2O)CC1. The highest BCUT2D eigenvalue weighted by atomic mass is 19.4. The summed E-state index contributed by atoms with van der Waals surface area (Å²) in [4.78, 5) is 8.71. The van der Waals surface area contributed by atoms with E-state index in [1.54, 1.807) is 12.3 Å². The predicted molar refractivity (Wildman–Crippen MR) is 106 cm³/mol. The van der Waals surface area contributed by atoms with Gasteiger partial charge >= 0.3 is 6.18 Å². The molecule has 1 fully saturated rings. The Morgan fingerprint density at radius 2 is 1.66 bits per heavy atom. The maximum absolute atomic E-state index is 13.0. The summed E-state index contributed by atoms with van der Waals surface area (Å²) in [7, 11) is 2.04. The van der Waals surface area contributed by atoms with Crippen molar-refractivity contribution in [3.63, 3.8) is 0 Å². The van der Waals surface area contributed by atoms with Gasteiger partial charge in [0.05, 0.1) is 11.6 Å². The van der Waals surface area contributed by atoms with E-state index in [9.17, 15) is 18.3 Å². The minimum Gasteiger partial charge on any atom is -0.505 e. The number of aromatic hydroxyl groups is 1. The van der Waals surface area contributed by atoms with Crippen LogP contribution in [-0.4, -0.2) is 53.1 Å². The molecule has 0 bridgehead atoms. The van der Waals surface area contributed by atoms with Crippen LogP contribution in [0.5, 0.6) is 5.75 Å². The summed E-state index contributed by atoms with van der Waals surface area (Å²) >= 11 is 0. The summed E-state index contributed by atoms with van der Waals surface area (Å²) in [6.07, 6.45) is -2.76. The lowest BCUT2D eigenvalue weighted by Crippen LogP contribution is -2.46. The fraction of sp³-hybridized carbons (Fsp3) is 0.318. The normalized spacial score (nSPS) is 17.5. The largest absolute Gasteiger partial charge is 0.505 e. The van der Waals surface area contributed by atoms with Crippen molar-refractivity contribution in [1.82, 2.24) is 14.8 Å². The number of hydrogen-bond donors (Lipinski definition) is 1. The van der Waals surface area contributed by atoms with Crippen LogP contribution in [0.15, 0.2) is 54.7 Å². The Balaban J connectivity index is 1.80. The summed E-state index contributed by atoms with van der Waals surface area (Å²) in [5, 5.41) is 11.8. The minimum absolute atomic E-state index is 0.0759. The Kier molecular flexibility index (Phi) is 5.19. The lowest BCUT2D eigenvalue weighted by molar-refractivity contribution is -0.137. The molecule has 0 saturated carbocycles. The molecule has 7 heteroatoms. The van der Waals surface area contributed by atoms with E-state index in [2.05, 4.69) is 14.8 Å². The quantitative estimate of drug-likeness (QED) is 0.711. The average Bonchev–Trinajstić information content (AvgIpc) is 2.71. The Bertz CT molecular complexity index is 996. The van der Waals surface area contributed by atoms with Crippen molar-refractivity contribution >= 4 is 10.9 Å². The van der Waals surface area contributed by atoms with E-state index in [1.807, 2.05) is 25.2 Å². The number of piperazine rings is 1. The van der Waals surface area contributed by atoms with Crippen LogP contribution in [0.3, 0.4) is 0 Å². The van der Waals surface area contributed by atoms with Crippen LogP contribution in [0.1, 0.15) is 22.7 Å². The highest BCUT2D eigenvalue weighted by Gasteiger charge is 2.32. The van der Waals surface area contributed by atoms with Crippen LogP contribution < -0.4 is 0 Å². The fourth-order valence-electron chi connectivity index (χ4n) is 3.89. The molecule has 0 amide bonds. The van der Waals surface area contributed by atoms with Crippen molar-refractivity contribution in [1.29, 1.82) is 0 Å². The molecule has 1 aliphatic heterocycles. The van der Waals surface area contributed by atoms with E-state index >= 15 is 0 Å². The number of hydrogen-bond acceptors (Lipinski definition) is 4. The smallest absolute Gasteiger partial charge is 0.416 e. The van der Waals surface area contributed by atoms with E-state index in [1.165, 1.54) is 12.1 Å². The van der Waals surface area contributed by atoms with Crippen LogP contribution in [0.4, 0.5) is 13.2 Å². The van der Waals surface area contributed by atoms with Gasteiger partial charge in [0.15, 0.2) is 0 Å². The third-order valence-electron chi connectivity index (χ3n) is 5.53. The molecule has 0 spiro atoms. The number of alkyl halides is 3. The van der Waals surface area contributed by atoms with Gasteiger partial charge in [0.1, 0.15) is 11.3 Å². The fourth-order valence-corrected chi connectivity index (χ4v) is 3.89. The first-order valence-electron chi connectivity index (χ1n) is 9.51. The van der Waals surface area contributed by atoms with Crippen LogP contribution >= 0.6 is 0 Å². The number of halogens is 3. The van der Waals surface area contributed by atoms with Crippen molar-refractivity contribution in [3.8, 4) is 5.75 Å². The molecule has 0 unspecified atom stereocenters. The van der Waals surface area contributed by atoms with Crippen molar-refractivity contribution in [2.75, 3.05) is 33.2 Å². The van der Waals surface area contributed by atoms with Crippen LogP contribution in [0.25, 0.3) is 10.9 Å². The number of aromatic nitrogens is 1. The molecule has 2 aromatic carbocycles. The second-order valence-corrected chi connectivity index (χ2v) is 7.44. The number of fused-ring (bicyclic) bond motifs is 1. The Morgan fingerprint density at radius 1 is 0.966 bits per heavy atom. The zero-order chi connectivity index (χ0) is 20.6. The molecule has 0 aliphatic carbocycles. The first-order valence-corrected chi connectivity index (χ1v) is 9.51. The zero-order valence-electron chi connectivity index (χ0n) is 16.0. The highest BCUT2D eigenvalue weighted by Crippen LogP contribution is 2.39. The topological polar surface area (TPSA) is 39.6 Å². The lowest BCUT2D eigenvalue weighted by Gasteiger charge is -2.38. The molecular formula is C22H22F3N3O. The van der Waals surface area contributed by atoms with Gasteiger partial charge in [-0.05, 0) is 30.8 Å². The van der Waals surface area contributed by atoms with Gasteiger partial charge in [-0.1, -0.05) is 30.3 Å². The second kappa shape index (κ2) is 7.65. The van der Waals surface area contributed by atoms with Gasteiger partial charge in [0.2, 0.25) is 0 Å². The summed E-state index contributed by atoms with van der Waals surface area (Å²) in [5.74, 6) is 0.0759. The Morgan fingerprint density at radius 3 is 2.31 bits per heavy atom. The van der Waals surface area contributed by atoms with E-state index in [4.69, 9.17) is 0 Å². The molecule has 29 heavy (non-hydrogen) atoms. The number of nitrogens with zero attached hydrogens (tertiary/aromatic N) is 3. The molecular weight excluding hydrogens is 379 g/mol. The summed E-state index contributed by atoms with van der Waals surface area (Å²) in [5.41, 5.74) is 1.19. The number of phenolic OH excluding ortho intramolecular Hbond substituents is 1. The number of likely N-dealkylation sites (N-methyl/N-ethyl adjacent to an activating group) is 1. The van der Waals surface area contributed by atoms with E-state index < -0.39 is 11.7 Å². The van der Waals surface area contributed by atoms with Gasteiger partial charge in [-0.2, -0.15) is 13.2 Å². The third-order valence-corrected chi connectivity index (χ3v) is 5.53. The van der Waals surface area contributed by atoms with Crippen molar-refractivity contribution < 1.29 is 18.3 Å². The second-order valence-electron chi connectivity index (χ2n) is 7.44. The number of rotatable bonds is 3. The summed E-state index contributed by atoms with van der Waals surface area (Å²) in [6, 6.07) is 12.3. The first kappa shape index (κ1) is 19.7. The average molecular weight is 401 g/mol. The molecule has 1 N–H and O–H groups in total. The summed E-state index contributed by atoms with van der Waals surface area (Å²) in [6.45, 7) is 3.21. The first-order chi connectivity index (χ1) is 13.8. The molecule has 1 aromatic heterocycles. The van der Waals surface area contributed by atoms with E-state index in [-0.39, 0.29) is 11.8 Å². The van der Waals surface area contributed by atoms with Gasteiger partial charge < -0.3 is 10.0 Å². The number of pyridine rings is 1. The summed E-state index contributed by atoms with van der Waals surface area (Å²) < 4.78 is 39.0. The maximum atomic E-state index is 13.0. The molecule has 152 valence electrons. The van der Waals surface area contributed by atoms with Crippen molar-refractivity contribution in [2.24, 2.45) is 0 Å². The molecule has 2 heterocycles. The van der Waals surface area contributed by atoms with Gasteiger partial charge in [0, 0.05) is 43.3 Å². The van der Waals surface area contributed by atoms with Gasteiger partial charge in [-0.3, -0.25) is 9.88 Å². The predicted octanol–water partition coefficient (Wildman–Crippen LogP) is 4.30. The molecule has 1 saturated heterocycles. The van der Waals surface area contributed by atoms with E-state index in [0.29, 0.717) is 16.6 Å². The van der Waals surface area contributed by atoms with E-state index in [0.717, 1.165) is 43.7 Å². The Hall–Kier alpha value is -2.64. The van der Waals surface area contributed by atoms with Crippen LogP contribution in [-0.2, 0) is 6.18 Å². The molecule has 0 radical (unpaired) electrons. The molecule has 1 aliphatic rings.